The molecule has 0 radical (unpaired) electrons. The number of sulfonamides is 1. The van der Waals surface area contributed by atoms with Crippen LogP contribution < -0.4 is 5.32 Å². The van der Waals surface area contributed by atoms with Gasteiger partial charge in [0.2, 0.25) is 10.0 Å². The van der Waals surface area contributed by atoms with E-state index < -0.39 is 10.0 Å². The van der Waals surface area contributed by atoms with E-state index >= 15 is 0 Å². The molecule has 108 valence electrons. The van der Waals surface area contributed by atoms with Crippen LogP contribution in [0.25, 0.3) is 0 Å². The first-order chi connectivity index (χ1) is 8.42. The lowest BCUT2D eigenvalue weighted by molar-refractivity contribution is 0.307. The molecule has 0 amide bonds. The summed E-state index contributed by atoms with van der Waals surface area (Å²) in [5.41, 5.74) is 0. The van der Waals surface area contributed by atoms with Crippen molar-refractivity contribution in [3.05, 3.63) is 0 Å². The highest BCUT2D eigenvalue weighted by atomic mass is 32.2. The van der Waals surface area contributed by atoms with E-state index in [-0.39, 0.29) is 5.75 Å². The Bertz CT molecular complexity index is 322. The molecule has 0 bridgehead atoms. The van der Waals surface area contributed by atoms with Crippen LogP contribution in [0.5, 0.6) is 0 Å². The van der Waals surface area contributed by atoms with Gasteiger partial charge in [0.05, 0.1) is 5.75 Å². The second-order valence-electron chi connectivity index (χ2n) is 5.69. The molecule has 0 spiro atoms. The fourth-order valence-electron chi connectivity index (χ4n) is 2.62. The zero-order valence-electron chi connectivity index (χ0n) is 12.0. The molecule has 0 heterocycles. The minimum atomic E-state index is -3.06. The fraction of sp³-hybridized carbons (Fsp3) is 1.00. The van der Waals surface area contributed by atoms with Crippen LogP contribution in [-0.4, -0.2) is 45.2 Å². The smallest absolute Gasteiger partial charge is 0.214 e. The Morgan fingerprint density at radius 2 is 1.83 bits per heavy atom. The zero-order valence-corrected chi connectivity index (χ0v) is 12.8. The molecule has 1 N–H and O–H groups in total. The topological polar surface area (TPSA) is 49.4 Å². The molecule has 1 saturated carbocycles. The predicted molar refractivity (Wildman–Crippen MR) is 76.1 cm³/mol. The third-order valence-electron chi connectivity index (χ3n) is 3.82. The summed E-state index contributed by atoms with van der Waals surface area (Å²) >= 11 is 0. The number of rotatable bonds is 7. The van der Waals surface area contributed by atoms with Gasteiger partial charge in [-0.1, -0.05) is 32.1 Å². The van der Waals surface area contributed by atoms with Gasteiger partial charge in [0.25, 0.3) is 0 Å². The summed E-state index contributed by atoms with van der Waals surface area (Å²) in [7, 11) is 0.112. The molecule has 1 aliphatic carbocycles. The van der Waals surface area contributed by atoms with Gasteiger partial charge in [-0.2, -0.15) is 0 Å². The van der Waals surface area contributed by atoms with Gasteiger partial charge in [-0.3, -0.25) is 0 Å². The van der Waals surface area contributed by atoms with Crippen molar-refractivity contribution < 1.29 is 8.42 Å². The Hall–Kier alpha value is -0.130. The molecule has 1 aliphatic rings. The average molecular weight is 276 g/mol. The molecule has 1 fully saturated rings. The molecular formula is C13H28N2O2S. The fourth-order valence-corrected chi connectivity index (χ4v) is 3.36. The first-order valence-corrected chi connectivity index (χ1v) is 8.66. The van der Waals surface area contributed by atoms with Crippen molar-refractivity contribution in [1.29, 1.82) is 0 Å². The van der Waals surface area contributed by atoms with Crippen molar-refractivity contribution in [2.24, 2.45) is 5.92 Å². The highest BCUT2D eigenvalue weighted by Crippen LogP contribution is 2.27. The van der Waals surface area contributed by atoms with Gasteiger partial charge in [0.15, 0.2) is 0 Å². The summed E-state index contributed by atoms with van der Waals surface area (Å²) in [6.45, 7) is 2.71. The lowest BCUT2D eigenvalue weighted by Crippen LogP contribution is -2.36. The SMILES string of the molecule is C[C@H](CC1CCCCC1)NCCS(=O)(=O)N(C)C. The van der Waals surface area contributed by atoms with Crippen LogP contribution in [0.15, 0.2) is 0 Å². The van der Waals surface area contributed by atoms with Gasteiger partial charge in [0.1, 0.15) is 0 Å². The molecule has 0 unspecified atom stereocenters. The summed E-state index contributed by atoms with van der Waals surface area (Å²) in [6.07, 6.45) is 8.00. The van der Waals surface area contributed by atoms with Crippen LogP contribution in [0.1, 0.15) is 45.4 Å². The first-order valence-electron chi connectivity index (χ1n) is 7.05. The largest absolute Gasteiger partial charge is 0.313 e. The summed E-state index contributed by atoms with van der Waals surface area (Å²) in [4.78, 5) is 0. The highest BCUT2D eigenvalue weighted by molar-refractivity contribution is 7.89. The Morgan fingerprint density at radius 3 is 2.39 bits per heavy atom. The maximum Gasteiger partial charge on any atom is 0.214 e. The molecule has 0 saturated heterocycles. The Morgan fingerprint density at radius 1 is 1.22 bits per heavy atom. The molecule has 1 atom stereocenters. The lowest BCUT2D eigenvalue weighted by Gasteiger charge is -2.25. The maximum absolute atomic E-state index is 11.6. The van der Waals surface area contributed by atoms with E-state index in [4.69, 9.17) is 0 Å². The van der Waals surface area contributed by atoms with Crippen LogP contribution in [0, 0.1) is 5.92 Å². The molecule has 18 heavy (non-hydrogen) atoms. The molecule has 5 heteroatoms. The standard InChI is InChI=1S/C13H28N2O2S/c1-12(11-13-7-5-4-6-8-13)14-9-10-18(16,17)15(2)3/h12-14H,4-11H2,1-3H3/t12-/m1/s1. The molecule has 0 aliphatic heterocycles. The number of hydrogen-bond donors (Lipinski definition) is 1. The van der Waals surface area contributed by atoms with Crippen molar-refractivity contribution in [3.63, 3.8) is 0 Å². The van der Waals surface area contributed by atoms with Crippen molar-refractivity contribution in [3.8, 4) is 0 Å². The van der Waals surface area contributed by atoms with E-state index in [1.165, 1.54) is 42.8 Å². The minimum absolute atomic E-state index is 0.189. The lowest BCUT2D eigenvalue weighted by atomic mass is 9.85. The van der Waals surface area contributed by atoms with E-state index in [0.29, 0.717) is 12.6 Å². The second-order valence-corrected chi connectivity index (χ2v) is 8.00. The predicted octanol–water partition coefficient (Wildman–Crippen LogP) is 1.83. The number of nitrogens with one attached hydrogen (secondary N) is 1. The van der Waals surface area contributed by atoms with Crippen LogP contribution in [0.4, 0.5) is 0 Å². The minimum Gasteiger partial charge on any atom is -0.313 e. The second kappa shape index (κ2) is 7.46. The van der Waals surface area contributed by atoms with Gasteiger partial charge in [-0.15, -0.1) is 0 Å². The van der Waals surface area contributed by atoms with Crippen LogP contribution in [0.2, 0.25) is 0 Å². The number of nitrogens with zero attached hydrogens (tertiary/aromatic N) is 1. The third-order valence-corrected chi connectivity index (χ3v) is 5.65. The van der Waals surface area contributed by atoms with Gasteiger partial charge in [-0.25, -0.2) is 12.7 Å². The molecular weight excluding hydrogens is 248 g/mol. The Kier molecular flexibility index (Phi) is 6.60. The maximum atomic E-state index is 11.6. The van der Waals surface area contributed by atoms with Gasteiger partial charge < -0.3 is 5.32 Å². The first kappa shape index (κ1) is 15.9. The summed E-state index contributed by atoms with van der Waals surface area (Å²) < 4.78 is 24.5. The van der Waals surface area contributed by atoms with Crippen molar-refractivity contribution in [1.82, 2.24) is 9.62 Å². The van der Waals surface area contributed by atoms with E-state index in [2.05, 4.69) is 12.2 Å². The van der Waals surface area contributed by atoms with E-state index in [9.17, 15) is 8.42 Å². The quantitative estimate of drug-likeness (QED) is 0.772. The average Bonchev–Trinajstić information content (AvgIpc) is 2.29. The number of hydrogen-bond acceptors (Lipinski definition) is 3. The van der Waals surface area contributed by atoms with Crippen molar-refractivity contribution in [2.45, 2.75) is 51.5 Å². The van der Waals surface area contributed by atoms with E-state index in [1.807, 2.05) is 0 Å². The highest BCUT2D eigenvalue weighted by Gasteiger charge is 2.17. The van der Waals surface area contributed by atoms with Crippen LogP contribution in [0.3, 0.4) is 0 Å². The van der Waals surface area contributed by atoms with Crippen molar-refractivity contribution in [2.75, 3.05) is 26.4 Å². The third kappa shape index (κ3) is 5.67. The normalized spacial score (nSPS) is 20.2. The Labute approximate surface area is 112 Å². The van der Waals surface area contributed by atoms with Gasteiger partial charge in [0, 0.05) is 26.7 Å². The van der Waals surface area contributed by atoms with Crippen LogP contribution in [-0.2, 0) is 10.0 Å². The molecule has 0 aromatic rings. The van der Waals surface area contributed by atoms with Gasteiger partial charge >= 0.3 is 0 Å². The molecule has 0 aromatic heterocycles. The van der Waals surface area contributed by atoms with Crippen LogP contribution >= 0.6 is 0 Å². The van der Waals surface area contributed by atoms with Gasteiger partial charge in [-0.05, 0) is 19.3 Å². The Balaban J connectivity index is 2.18. The summed E-state index contributed by atoms with van der Waals surface area (Å²) in [5, 5.41) is 3.34. The monoisotopic (exact) mass is 276 g/mol. The summed E-state index contributed by atoms with van der Waals surface area (Å²) in [6, 6.07) is 0.422. The molecule has 0 aromatic carbocycles. The summed E-state index contributed by atoms with van der Waals surface area (Å²) in [5.74, 6) is 1.03. The molecule has 4 nitrogen and oxygen atoms in total. The van der Waals surface area contributed by atoms with E-state index in [0.717, 1.165) is 5.92 Å². The van der Waals surface area contributed by atoms with Crippen molar-refractivity contribution >= 4 is 10.0 Å². The zero-order chi connectivity index (χ0) is 13.6. The van der Waals surface area contributed by atoms with E-state index in [1.54, 1.807) is 14.1 Å². The molecule has 1 rings (SSSR count).